The molecule has 7 heteroatoms. The average molecular weight is 356 g/mol. The van der Waals surface area contributed by atoms with Gasteiger partial charge in [0.05, 0.1) is 22.8 Å². The van der Waals surface area contributed by atoms with Crippen molar-refractivity contribution in [1.29, 1.82) is 0 Å². The van der Waals surface area contributed by atoms with Crippen LogP contribution < -0.4 is 0 Å². The van der Waals surface area contributed by atoms with E-state index in [4.69, 9.17) is 0 Å². The van der Waals surface area contributed by atoms with Crippen molar-refractivity contribution in [3.05, 3.63) is 66.1 Å². The predicted molar refractivity (Wildman–Crippen MR) is 102 cm³/mol. The van der Waals surface area contributed by atoms with Gasteiger partial charge in [-0.05, 0) is 49.2 Å². The summed E-state index contributed by atoms with van der Waals surface area (Å²) >= 11 is 0. The summed E-state index contributed by atoms with van der Waals surface area (Å²) < 4.78 is 3.42. The summed E-state index contributed by atoms with van der Waals surface area (Å²) in [4.78, 5) is 9.15. The molecular formula is C20H16N6O. The summed E-state index contributed by atoms with van der Waals surface area (Å²) in [5.41, 5.74) is 5.23. The van der Waals surface area contributed by atoms with Crippen LogP contribution in [0.25, 0.3) is 33.8 Å². The normalized spacial score (nSPS) is 11.5. The van der Waals surface area contributed by atoms with Crippen molar-refractivity contribution >= 4 is 16.7 Å². The first-order valence-electron chi connectivity index (χ1n) is 8.56. The van der Waals surface area contributed by atoms with E-state index in [1.165, 1.54) is 11.1 Å². The van der Waals surface area contributed by atoms with E-state index in [0.717, 1.165) is 11.1 Å². The molecule has 0 aliphatic rings. The van der Waals surface area contributed by atoms with E-state index in [2.05, 4.69) is 52.2 Å². The largest absolute Gasteiger partial charge is 0.507 e. The molecule has 2 aromatic carbocycles. The molecule has 0 aliphatic heterocycles. The van der Waals surface area contributed by atoms with E-state index in [-0.39, 0.29) is 5.75 Å². The lowest BCUT2D eigenvalue weighted by atomic mass is 10.1. The van der Waals surface area contributed by atoms with E-state index < -0.39 is 0 Å². The molecule has 0 unspecified atom stereocenters. The predicted octanol–water partition coefficient (Wildman–Crippen LogP) is 3.45. The van der Waals surface area contributed by atoms with Crippen molar-refractivity contribution in [2.24, 2.45) is 0 Å². The van der Waals surface area contributed by atoms with Gasteiger partial charge in [-0.25, -0.2) is 19.2 Å². The standard InChI is InChI=1S/C20H16N6O/c1-12-7-13(2)9-14(8-12)26-19-16(10-22-26)20-23-18(24-25(20)11-21-19)15-5-3-4-6-17(15)27/h3-11,27H,1-2H3. The Morgan fingerprint density at radius 1 is 0.963 bits per heavy atom. The third-order valence-corrected chi connectivity index (χ3v) is 4.50. The summed E-state index contributed by atoms with van der Waals surface area (Å²) in [6.07, 6.45) is 3.37. The first kappa shape index (κ1) is 15.5. The lowest BCUT2D eigenvalue weighted by Crippen LogP contribution is -2.00. The molecule has 0 saturated carbocycles. The summed E-state index contributed by atoms with van der Waals surface area (Å²) in [6, 6.07) is 13.3. The molecule has 0 amide bonds. The van der Waals surface area contributed by atoms with Crippen molar-refractivity contribution in [1.82, 2.24) is 29.4 Å². The molecule has 3 heterocycles. The summed E-state index contributed by atoms with van der Waals surface area (Å²) in [5.74, 6) is 0.588. The molecule has 0 bridgehead atoms. The highest BCUT2D eigenvalue weighted by Gasteiger charge is 2.16. The summed E-state index contributed by atoms with van der Waals surface area (Å²) in [5, 5.41) is 19.9. The van der Waals surface area contributed by atoms with Gasteiger partial charge in [-0.3, -0.25) is 0 Å². The van der Waals surface area contributed by atoms with E-state index >= 15 is 0 Å². The van der Waals surface area contributed by atoms with Crippen LogP contribution in [-0.4, -0.2) is 34.5 Å². The van der Waals surface area contributed by atoms with Crippen LogP contribution in [0.3, 0.4) is 0 Å². The molecule has 7 nitrogen and oxygen atoms in total. The fraction of sp³-hybridized carbons (Fsp3) is 0.100. The van der Waals surface area contributed by atoms with Crippen LogP contribution in [0.4, 0.5) is 0 Å². The number of nitrogens with zero attached hydrogens (tertiary/aromatic N) is 6. The third-order valence-electron chi connectivity index (χ3n) is 4.50. The zero-order chi connectivity index (χ0) is 18.5. The second-order valence-electron chi connectivity index (χ2n) is 6.60. The highest BCUT2D eigenvalue weighted by atomic mass is 16.3. The van der Waals surface area contributed by atoms with Gasteiger partial charge in [-0.2, -0.15) is 5.10 Å². The maximum absolute atomic E-state index is 10.1. The number of hydrogen-bond acceptors (Lipinski definition) is 5. The van der Waals surface area contributed by atoms with E-state index in [1.807, 2.05) is 10.7 Å². The van der Waals surface area contributed by atoms with Gasteiger partial charge in [0.15, 0.2) is 17.1 Å². The van der Waals surface area contributed by atoms with Gasteiger partial charge in [0.1, 0.15) is 12.1 Å². The van der Waals surface area contributed by atoms with Crippen molar-refractivity contribution < 1.29 is 5.11 Å². The Balaban J connectivity index is 1.73. The molecule has 5 rings (SSSR count). The second-order valence-corrected chi connectivity index (χ2v) is 6.60. The van der Waals surface area contributed by atoms with Gasteiger partial charge in [-0.1, -0.05) is 18.2 Å². The van der Waals surface area contributed by atoms with Gasteiger partial charge in [0.2, 0.25) is 0 Å². The Morgan fingerprint density at radius 2 is 1.74 bits per heavy atom. The summed E-state index contributed by atoms with van der Waals surface area (Å²) in [6.45, 7) is 4.12. The van der Waals surface area contributed by atoms with Gasteiger partial charge >= 0.3 is 0 Å². The molecule has 0 saturated heterocycles. The Kier molecular flexibility index (Phi) is 3.24. The molecule has 5 aromatic rings. The zero-order valence-corrected chi connectivity index (χ0v) is 14.8. The maximum Gasteiger partial charge on any atom is 0.185 e. The SMILES string of the molecule is Cc1cc(C)cc(-n2ncc3c2ncn2nc(-c4ccccc4O)nc32)c1. The first-order valence-corrected chi connectivity index (χ1v) is 8.56. The lowest BCUT2D eigenvalue weighted by molar-refractivity contribution is 0.477. The Hall–Kier alpha value is -3.74. The van der Waals surface area contributed by atoms with Crippen LogP contribution in [0.15, 0.2) is 55.0 Å². The Bertz CT molecular complexity index is 1300. The van der Waals surface area contributed by atoms with Crippen LogP contribution in [0.2, 0.25) is 0 Å². The molecule has 132 valence electrons. The lowest BCUT2D eigenvalue weighted by Gasteiger charge is -2.06. The number of aryl methyl sites for hydroxylation is 2. The number of hydrogen-bond donors (Lipinski definition) is 1. The van der Waals surface area contributed by atoms with Crippen molar-refractivity contribution in [3.63, 3.8) is 0 Å². The quantitative estimate of drug-likeness (QED) is 0.524. The fourth-order valence-corrected chi connectivity index (χ4v) is 3.36. The highest BCUT2D eigenvalue weighted by Crippen LogP contribution is 2.28. The van der Waals surface area contributed by atoms with Crippen LogP contribution in [0.5, 0.6) is 5.75 Å². The number of phenols is 1. The third kappa shape index (κ3) is 2.43. The second kappa shape index (κ2) is 5.63. The number of aromatic nitrogens is 6. The Morgan fingerprint density at radius 3 is 2.52 bits per heavy atom. The number of fused-ring (bicyclic) bond motifs is 3. The molecule has 0 fully saturated rings. The molecule has 0 radical (unpaired) electrons. The maximum atomic E-state index is 10.1. The number of benzene rings is 2. The van der Waals surface area contributed by atoms with E-state index in [1.54, 1.807) is 35.2 Å². The minimum absolute atomic E-state index is 0.142. The number of para-hydroxylation sites is 1. The smallest absolute Gasteiger partial charge is 0.185 e. The van der Waals surface area contributed by atoms with Gasteiger partial charge in [-0.15, -0.1) is 5.10 Å². The van der Waals surface area contributed by atoms with Crippen LogP contribution in [-0.2, 0) is 0 Å². The minimum Gasteiger partial charge on any atom is -0.507 e. The molecule has 27 heavy (non-hydrogen) atoms. The van der Waals surface area contributed by atoms with Gasteiger partial charge in [0, 0.05) is 0 Å². The number of phenolic OH excluding ortho intramolecular Hbond substituents is 1. The molecule has 3 aromatic heterocycles. The highest BCUT2D eigenvalue weighted by molar-refractivity contribution is 5.90. The van der Waals surface area contributed by atoms with E-state index in [0.29, 0.717) is 22.7 Å². The number of aromatic hydroxyl groups is 1. The number of rotatable bonds is 2. The molecular weight excluding hydrogens is 340 g/mol. The molecule has 0 aliphatic carbocycles. The zero-order valence-electron chi connectivity index (χ0n) is 14.8. The summed E-state index contributed by atoms with van der Waals surface area (Å²) in [7, 11) is 0. The molecule has 0 spiro atoms. The van der Waals surface area contributed by atoms with Crippen LogP contribution in [0.1, 0.15) is 11.1 Å². The topological polar surface area (TPSA) is 81.1 Å². The van der Waals surface area contributed by atoms with Crippen molar-refractivity contribution in [3.8, 4) is 22.8 Å². The van der Waals surface area contributed by atoms with Gasteiger partial charge in [0.25, 0.3) is 0 Å². The van der Waals surface area contributed by atoms with Crippen molar-refractivity contribution in [2.75, 3.05) is 0 Å². The first-order chi connectivity index (χ1) is 13.1. The van der Waals surface area contributed by atoms with Crippen molar-refractivity contribution in [2.45, 2.75) is 13.8 Å². The monoisotopic (exact) mass is 356 g/mol. The fourth-order valence-electron chi connectivity index (χ4n) is 3.36. The minimum atomic E-state index is 0.142. The van der Waals surface area contributed by atoms with Gasteiger partial charge < -0.3 is 5.11 Å². The Labute approximate surface area is 154 Å². The molecule has 0 atom stereocenters. The van der Waals surface area contributed by atoms with E-state index in [9.17, 15) is 5.11 Å². The molecule has 1 N–H and O–H groups in total. The van der Waals surface area contributed by atoms with Crippen LogP contribution in [0, 0.1) is 13.8 Å². The van der Waals surface area contributed by atoms with Crippen LogP contribution >= 0.6 is 0 Å². The average Bonchev–Trinajstić information content (AvgIpc) is 3.25.